The van der Waals surface area contributed by atoms with Crippen LogP contribution in [-0.4, -0.2) is 46.1 Å². The monoisotopic (exact) mass is 337 g/mol. The number of aliphatic hydroxyl groups excluding tert-OH is 1. The number of rotatable bonds is 4. The predicted octanol–water partition coefficient (Wildman–Crippen LogP) is 3.31. The van der Waals surface area contributed by atoms with E-state index >= 15 is 0 Å². The lowest BCUT2D eigenvalue weighted by Gasteiger charge is -2.56. The van der Waals surface area contributed by atoms with Gasteiger partial charge in [0.1, 0.15) is 0 Å². The number of aliphatic hydroxyl groups is 1. The summed E-state index contributed by atoms with van der Waals surface area (Å²) in [5.41, 5.74) is -0.0841. The van der Waals surface area contributed by atoms with Crippen molar-refractivity contribution in [2.75, 3.05) is 25.4 Å². The maximum absolute atomic E-state index is 12.7. The SMILES string of the molecule is CC1(CO)CCCN(C(=O)CSC23CC4CC(CC(C4)C2)C3)C1. The number of nitrogens with zero attached hydrogens (tertiary/aromatic N) is 1. The normalized spacial score (nSPS) is 45.5. The van der Waals surface area contributed by atoms with Crippen LogP contribution >= 0.6 is 11.8 Å². The fraction of sp³-hybridized carbons (Fsp3) is 0.947. The van der Waals surface area contributed by atoms with Gasteiger partial charge < -0.3 is 10.0 Å². The van der Waals surface area contributed by atoms with Crippen LogP contribution in [0.4, 0.5) is 0 Å². The Hall–Kier alpha value is -0.220. The molecule has 1 aliphatic heterocycles. The fourth-order valence-electron chi connectivity index (χ4n) is 6.17. The zero-order valence-corrected chi connectivity index (χ0v) is 15.2. The van der Waals surface area contributed by atoms with E-state index in [0.29, 0.717) is 16.4 Å². The van der Waals surface area contributed by atoms with E-state index in [1.807, 2.05) is 16.7 Å². The van der Waals surface area contributed by atoms with Crippen molar-refractivity contribution in [3.8, 4) is 0 Å². The molecular formula is C19H31NO2S. The fourth-order valence-corrected chi connectivity index (χ4v) is 7.84. The molecule has 23 heavy (non-hydrogen) atoms. The van der Waals surface area contributed by atoms with E-state index in [-0.39, 0.29) is 12.0 Å². The molecule has 1 atom stereocenters. The van der Waals surface area contributed by atoms with Gasteiger partial charge in [-0.05, 0) is 69.1 Å². The van der Waals surface area contributed by atoms with Gasteiger partial charge in [0, 0.05) is 23.3 Å². The summed E-state index contributed by atoms with van der Waals surface area (Å²) in [4.78, 5) is 14.7. The molecule has 5 fully saturated rings. The van der Waals surface area contributed by atoms with Crippen LogP contribution in [0.25, 0.3) is 0 Å². The molecule has 4 bridgehead atoms. The van der Waals surface area contributed by atoms with Crippen LogP contribution in [0.5, 0.6) is 0 Å². The second kappa shape index (κ2) is 5.94. The Morgan fingerprint density at radius 3 is 2.35 bits per heavy atom. The van der Waals surface area contributed by atoms with E-state index in [9.17, 15) is 9.90 Å². The molecule has 0 aromatic rings. The number of likely N-dealkylation sites (tertiary alicyclic amines) is 1. The van der Waals surface area contributed by atoms with Crippen molar-refractivity contribution in [1.29, 1.82) is 0 Å². The van der Waals surface area contributed by atoms with Crippen molar-refractivity contribution in [3.05, 3.63) is 0 Å². The Bertz CT molecular complexity index is 445. The average Bonchev–Trinajstić information content (AvgIpc) is 2.51. The van der Waals surface area contributed by atoms with Gasteiger partial charge >= 0.3 is 0 Å². The van der Waals surface area contributed by atoms with E-state index in [1.54, 1.807) is 0 Å². The molecule has 0 aromatic heterocycles. The van der Waals surface area contributed by atoms with Crippen LogP contribution in [0, 0.1) is 23.2 Å². The molecule has 4 aliphatic carbocycles. The zero-order valence-electron chi connectivity index (χ0n) is 14.4. The lowest BCUT2D eigenvalue weighted by atomic mass is 9.56. The van der Waals surface area contributed by atoms with Gasteiger partial charge in [-0.25, -0.2) is 0 Å². The zero-order chi connectivity index (χ0) is 16.1. The Morgan fingerprint density at radius 2 is 1.78 bits per heavy atom. The van der Waals surface area contributed by atoms with E-state index < -0.39 is 0 Å². The van der Waals surface area contributed by atoms with Crippen molar-refractivity contribution in [3.63, 3.8) is 0 Å². The van der Waals surface area contributed by atoms with E-state index in [4.69, 9.17) is 0 Å². The predicted molar refractivity (Wildman–Crippen MR) is 94.4 cm³/mol. The molecule has 0 aromatic carbocycles. The number of carbonyl (C=O) groups excluding carboxylic acids is 1. The molecule has 4 saturated carbocycles. The van der Waals surface area contributed by atoms with Crippen LogP contribution in [0.1, 0.15) is 58.3 Å². The third-order valence-electron chi connectivity index (χ3n) is 7.00. The van der Waals surface area contributed by atoms with Crippen molar-refractivity contribution >= 4 is 17.7 Å². The topological polar surface area (TPSA) is 40.5 Å². The largest absolute Gasteiger partial charge is 0.396 e. The van der Waals surface area contributed by atoms with Crippen molar-refractivity contribution < 1.29 is 9.90 Å². The summed E-state index contributed by atoms with van der Waals surface area (Å²) in [7, 11) is 0. The highest BCUT2D eigenvalue weighted by Gasteiger charge is 2.51. The van der Waals surface area contributed by atoms with Gasteiger partial charge in [0.05, 0.1) is 12.4 Å². The summed E-state index contributed by atoms with van der Waals surface area (Å²) < 4.78 is 0.431. The number of thioether (sulfide) groups is 1. The number of amides is 1. The van der Waals surface area contributed by atoms with Crippen LogP contribution in [0.2, 0.25) is 0 Å². The number of piperidine rings is 1. The van der Waals surface area contributed by atoms with Crippen LogP contribution in [0.15, 0.2) is 0 Å². The maximum Gasteiger partial charge on any atom is 0.232 e. The molecule has 1 unspecified atom stereocenters. The third-order valence-corrected chi connectivity index (χ3v) is 8.50. The first-order valence-electron chi connectivity index (χ1n) is 9.52. The second-order valence-electron chi connectivity index (χ2n) is 9.28. The Kier molecular flexibility index (Phi) is 4.20. The molecule has 1 N–H and O–H groups in total. The first-order valence-corrected chi connectivity index (χ1v) is 10.5. The highest BCUT2D eigenvalue weighted by molar-refractivity contribution is 8.01. The minimum Gasteiger partial charge on any atom is -0.396 e. The Balaban J connectivity index is 1.35. The van der Waals surface area contributed by atoms with Crippen LogP contribution in [-0.2, 0) is 4.79 Å². The molecule has 0 radical (unpaired) electrons. The number of hydrogen-bond acceptors (Lipinski definition) is 3. The highest BCUT2D eigenvalue weighted by atomic mass is 32.2. The standard InChI is InChI=1S/C19H31NO2S/c1-18(13-21)3-2-4-20(12-18)17(22)11-23-19-8-14-5-15(9-19)7-16(6-14)10-19/h14-16,21H,2-13H2,1H3. The molecule has 1 heterocycles. The average molecular weight is 338 g/mol. The first-order chi connectivity index (χ1) is 11.0. The number of carbonyl (C=O) groups is 1. The number of hydrogen-bond donors (Lipinski definition) is 1. The maximum atomic E-state index is 12.7. The first kappa shape index (κ1) is 16.3. The molecule has 5 aliphatic rings. The molecule has 130 valence electrons. The highest BCUT2D eigenvalue weighted by Crippen LogP contribution is 2.60. The minimum absolute atomic E-state index is 0.0841. The van der Waals surface area contributed by atoms with E-state index in [2.05, 4.69) is 6.92 Å². The van der Waals surface area contributed by atoms with Gasteiger partial charge in [0.15, 0.2) is 0 Å². The van der Waals surface area contributed by atoms with Crippen LogP contribution in [0.3, 0.4) is 0 Å². The van der Waals surface area contributed by atoms with Gasteiger partial charge in [-0.15, -0.1) is 11.8 Å². The lowest BCUT2D eigenvalue weighted by molar-refractivity contribution is -0.132. The molecule has 1 saturated heterocycles. The Labute approximate surface area is 144 Å². The molecular weight excluding hydrogens is 306 g/mol. The van der Waals surface area contributed by atoms with E-state index in [1.165, 1.54) is 38.5 Å². The summed E-state index contributed by atoms with van der Waals surface area (Å²) in [5.74, 6) is 3.84. The summed E-state index contributed by atoms with van der Waals surface area (Å²) >= 11 is 1.99. The third kappa shape index (κ3) is 3.18. The molecule has 1 amide bonds. The molecule has 5 rings (SSSR count). The molecule has 4 heteroatoms. The van der Waals surface area contributed by atoms with Gasteiger partial charge in [0.25, 0.3) is 0 Å². The molecule has 3 nitrogen and oxygen atoms in total. The van der Waals surface area contributed by atoms with Gasteiger partial charge in [-0.3, -0.25) is 4.79 Å². The quantitative estimate of drug-likeness (QED) is 0.855. The van der Waals surface area contributed by atoms with Crippen molar-refractivity contribution in [1.82, 2.24) is 4.90 Å². The summed E-state index contributed by atoms with van der Waals surface area (Å²) in [5, 5.41) is 9.59. The lowest BCUT2D eigenvalue weighted by Crippen LogP contribution is -2.50. The Morgan fingerprint density at radius 1 is 1.17 bits per heavy atom. The van der Waals surface area contributed by atoms with Crippen molar-refractivity contribution in [2.24, 2.45) is 23.2 Å². The van der Waals surface area contributed by atoms with Gasteiger partial charge in [0.2, 0.25) is 5.91 Å². The second-order valence-corrected chi connectivity index (χ2v) is 10.7. The van der Waals surface area contributed by atoms with Crippen LogP contribution < -0.4 is 0 Å². The smallest absolute Gasteiger partial charge is 0.232 e. The summed E-state index contributed by atoms with van der Waals surface area (Å²) in [6, 6.07) is 0. The summed E-state index contributed by atoms with van der Waals surface area (Å²) in [6.45, 7) is 3.93. The minimum atomic E-state index is -0.0841. The summed E-state index contributed by atoms with van der Waals surface area (Å²) in [6.07, 6.45) is 10.6. The van der Waals surface area contributed by atoms with Gasteiger partial charge in [-0.2, -0.15) is 0 Å². The molecule has 0 spiro atoms. The van der Waals surface area contributed by atoms with Gasteiger partial charge in [-0.1, -0.05) is 6.92 Å². The van der Waals surface area contributed by atoms with E-state index in [0.717, 1.165) is 43.7 Å². The van der Waals surface area contributed by atoms with Crippen molar-refractivity contribution in [2.45, 2.75) is 63.0 Å².